The van der Waals surface area contributed by atoms with Crippen LogP contribution in [0.4, 0.5) is 5.69 Å². The molecule has 6 nitrogen and oxygen atoms in total. The lowest BCUT2D eigenvalue weighted by molar-refractivity contribution is 0.393. The Balaban J connectivity index is 0.00000225. The minimum atomic E-state index is 0. The van der Waals surface area contributed by atoms with Crippen molar-refractivity contribution in [3.05, 3.63) is 18.2 Å². The van der Waals surface area contributed by atoms with Gasteiger partial charge in [-0.25, -0.2) is 0 Å². The first kappa shape index (κ1) is 19.9. The molecule has 140 valence electrons. The summed E-state index contributed by atoms with van der Waals surface area (Å²) in [4.78, 5) is 6.72. The van der Waals surface area contributed by atoms with Crippen molar-refractivity contribution >= 4 is 35.6 Å². The third-order valence-corrected chi connectivity index (χ3v) is 4.68. The Bertz CT molecular complexity index is 562. The monoisotopic (exact) mass is 460 g/mol. The number of benzene rings is 1. The van der Waals surface area contributed by atoms with Crippen LogP contribution in [-0.2, 0) is 0 Å². The van der Waals surface area contributed by atoms with Crippen molar-refractivity contribution in [2.45, 2.75) is 37.8 Å². The number of nitrogens with one attached hydrogen (secondary N) is 2. The predicted octanol–water partition coefficient (Wildman–Crippen LogP) is 2.62. The van der Waals surface area contributed by atoms with E-state index in [4.69, 9.17) is 9.47 Å². The van der Waals surface area contributed by atoms with Gasteiger partial charge in [0.1, 0.15) is 11.5 Å². The molecular formula is C18H29IN4O2. The van der Waals surface area contributed by atoms with Crippen molar-refractivity contribution in [2.75, 3.05) is 39.3 Å². The van der Waals surface area contributed by atoms with Crippen molar-refractivity contribution in [3.8, 4) is 11.5 Å². The van der Waals surface area contributed by atoms with Crippen LogP contribution in [-0.4, -0.2) is 52.4 Å². The second-order valence-electron chi connectivity index (χ2n) is 6.47. The van der Waals surface area contributed by atoms with E-state index in [2.05, 4.69) is 32.7 Å². The van der Waals surface area contributed by atoms with Crippen LogP contribution < -0.4 is 25.0 Å². The van der Waals surface area contributed by atoms with Gasteiger partial charge in [0.2, 0.25) is 0 Å². The number of rotatable bonds is 5. The number of aliphatic imine (C=N–C) groups is 1. The Kier molecular flexibility index (Phi) is 7.46. The van der Waals surface area contributed by atoms with Gasteiger partial charge in [-0.15, -0.1) is 24.0 Å². The summed E-state index contributed by atoms with van der Waals surface area (Å²) in [5.74, 6) is 2.61. The smallest absolute Gasteiger partial charge is 0.191 e. The van der Waals surface area contributed by atoms with Gasteiger partial charge in [0, 0.05) is 56.1 Å². The summed E-state index contributed by atoms with van der Waals surface area (Å²) >= 11 is 0. The molecule has 1 aliphatic heterocycles. The van der Waals surface area contributed by atoms with Crippen LogP contribution in [0.5, 0.6) is 11.5 Å². The average molecular weight is 460 g/mol. The summed E-state index contributed by atoms with van der Waals surface area (Å²) < 4.78 is 10.8. The molecule has 2 fully saturated rings. The number of hydrogen-bond acceptors (Lipinski definition) is 4. The minimum Gasteiger partial charge on any atom is -0.497 e. The highest BCUT2D eigenvalue weighted by atomic mass is 127. The van der Waals surface area contributed by atoms with Crippen LogP contribution in [0.1, 0.15) is 25.7 Å². The van der Waals surface area contributed by atoms with Crippen LogP contribution in [0.25, 0.3) is 0 Å². The molecule has 0 bridgehead atoms. The van der Waals surface area contributed by atoms with Crippen molar-refractivity contribution in [1.82, 2.24) is 10.6 Å². The Labute approximate surface area is 167 Å². The standard InChI is InChI=1S/C18H28N4O2.HI/c1-19-18(20-13-4-5-13)21-14-6-8-22(9-7-14)15-10-16(23-2)12-17(11-15)24-3;/h10-14H,4-9H2,1-3H3,(H2,19,20,21);1H. The number of ether oxygens (including phenoxy) is 2. The van der Waals surface area contributed by atoms with Crippen LogP contribution >= 0.6 is 24.0 Å². The maximum atomic E-state index is 5.38. The van der Waals surface area contributed by atoms with Crippen molar-refractivity contribution < 1.29 is 9.47 Å². The molecule has 1 aromatic carbocycles. The topological polar surface area (TPSA) is 58.1 Å². The van der Waals surface area contributed by atoms with Crippen molar-refractivity contribution in [1.29, 1.82) is 0 Å². The van der Waals surface area contributed by atoms with E-state index >= 15 is 0 Å². The maximum Gasteiger partial charge on any atom is 0.191 e. The van der Waals surface area contributed by atoms with E-state index in [1.54, 1.807) is 14.2 Å². The Morgan fingerprint density at radius 1 is 0.960 bits per heavy atom. The molecular weight excluding hydrogens is 431 g/mol. The van der Waals surface area contributed by atoms with Crippen LogP contribution in [0.3, 0.4) is 0 Å². The molecule has 2 N–H and O–H groups in total. The molecule has 2 aliphatic rings. The van der Waals surface area contributed by atoms with Crippen molar-refractivity contribution in [3.63, 3.8) is 0 Å². The van der Waals surface area contributed by atoms with Gasteiger partial charge < -0.3 is 25.0 Å². The number of methoxy groups -OCH3 is 2. The van der Waals surface area contributed by atoms with Gasteiger partial charge in [-0.2, -0.15) is 0 Å². The van der Waals surface area contributed by atoms with Gasteiger partial charge in [-0.05, 0) is 25.7 Å². The Morgan fingerprint density at radius 2 is 1.48 bits per heavy atom. The van der Waals surface area contributed by atoms with Crippen LogP contribution in [0.2, 0.25) is 0 Å². The molecule has 7 heteroatoms. The molecule has 0 aromatic heterocycles. The highest BCUT2D eigenvalue weighted by Gasteiger charge is 2.25. The normalized spacial score (nSPS) is 18.4. The molecule has 1 heterocycles. The molecule has 0 amide bonds. The summed E-state index contributed by atoms with van der Waals surface area (Å²) in [6, 6.07) is 7.15. The van der Waals surface area contributed by atoms with E-state index in [1.165, 1.54) is 12.8 Å². The van der Waals surface area contributed by atoms with Crippen LogP contribution in [0, 0.1) is 0 Å². The Morgan fingerprint density at radius 3 is 1.92 bits per heavy atom. The molecule has 0 spiro atoms. The fraction of sp³-hybridized carbons (Fsp3) is 0.611. The number of anilines is 1. The second-order valence-corrected chi connectivity index (χ2v) is 6.47. The number of hydrogen-bond donors (Lipinski definition) is 2. The zero-order valence-corrected chi connectivity index (χ0v) is 17.6. The van der Waals surface area contributed by atoms with E-state index in [0.717, 1.165) is 49.1 Å². The number of guanidine groups is 1. The zero-order valence-electron chi connectivity index (χ0n) is 15.2. The molecule has 0 atom stereocenters. The lowest BCUT2D eigenvalue weighted by atomic mass is 10.0. The van der Waals surface area contributed by atoms with E-state index in [-0.39, 0.29) is 24.0 Å². The summed E-state index contributed by atoms with van der Waals surface area (Å²) in [7, 11) is 5.22. The molecule has 3 rings (SSSR count). The quantitative estimate of drug-likeness (QED) is 0.402. The maximum absolute atomic E-state index is 5.38. The summed E-state index contributed by atoms with van der Waals surface area (Å²) in [5, 5.41) is 7.01. The first-order valence-electron chi connectivity index (χ1n) is 8.69. The molecule has 1 aliphatic carbocycles. The third-order valence-electron chi connectivity index (χ3n) is 4.68. The fourth-order valence-electron chi connectivity index (χ4n) is 3.04. The van der Waals surface area contributed by atoms with E-state index < -0.39 is 0 Å². The molecule has 0 unspecified atom stereocenters. The van der Waals surface area contributed by atoms with Gasteiger partial charge >= 0.3 is 0 Å². The largest absolute Gasteiger partial charge is 0.497 e. The average Bonchev–Trinajstić information content (AvgIpc) is 3.45. The summed E-state index contributed by atoms with van der Waals surface area (Å²) in [6.45, 7) is 2.02. The predicted molar refractivity (Wildman–Crippen MR) is 113 cm³/mol. The molecule has 25 heavy (non-hydrogen) atoms. The molecule has 1 aromatic rings. The summed E-state index contributed by atoms with van der Waals surface area (Å²) in [5.41, 5.74) is 1.16. The highest BCUT2D eigenvalue weighted by Crippen LogP contribution is 2.30. The second kappa shape index (κ2) is 9.35. The highest BCUT2D eigenvalue weighted by molar-refractivity contribution is 14.0. The first-order chi connectivity index (χ1) is 11.7. The molecule has 1 saturated carbocycles. The zero-order chi connectivity index (χ0) is 16.9. The minimum absolute atomic E-state index is 0. The van der Waals surface area contributed by atoms with Gasteiger partial charge in [0.25, 0.3) is 0 Å². The Hall–Kier alpha value is -1.38. The van der Waals surface area contributed by atoms with E-state index in [9.17, 15) is 0 Å². The number of halogens is 1. The lowest BCUT2D eigenvalue weighted by Crippen LogP contribution is -2.49. The van der Waals surface area contributed by atoms with Gasteiger partial charge in [-0.3, -0.25) is 4.99 Å². The third kappa shape index (κ3) is 5.55. The van der Waals surface area contributed by atoms with Crippen LogP contribution in [0.15, 0.2) is 23.2 Å². The SMILES string of the molecule is CN=C(NC1CC1)NC1CCN(c2cc(OC)cc(OC)c2)CC1.I. The van der Waals surface area contributed by atoms with Crippen molar-refractivity contribution in [2.24, 2.45) is 4.99 Å². The molecule has 1 saturated heterocycles. The van der Waals surface area contributed by atoms with Gasteiger partial charge in [-0.1, -0.05) is 0 Å². The lowest BCUT2D eigenvalue weighted by Gasteiger charge is -2.34. The number of piperidine rings is 1. The van der Waals surface area contributed by atoms with Gasteiger partial charge in [0.05, 0.1) is 14.2 Å². The van der Waals surface area contributed by atoms with E-state index in [0.29, 0.717) is 12.1 Å². The fourth-order valence-corrected chi connectivity index (χ4v) is 3.04. The molecule has 0 radical (unpaired) electrons. The van der Waals surface area contributed by atoms with Gasteiger partial charge in [0.15, 0.2) is 5.96 Å². The van der Waals surface area contributed by atoms with E-state index in [1.807, 2.05) is 13.1 Å². The number of nitrogens with zero attached hydrogens (tertiary/aromatic N) is 2. The summed E-state index contributed by atoms with van der Waals surface area (Å²) in [6.07, 6.45) is 4.70. The first-order valence-corrected chi connectivity index (χ1v) is 8.69.